The molecule has 6 nitrogen and oxygen atoms in total. The molecule has 0 aliphatic carbocycles. The lowest BCUT2D eigenvalue weighted by atomic mass is 10.1. The minimum atomic E-state index is -0.0578. The van der Waals surface area contributed by atoms with Crippen LogP contribution in [0.5, 0.6) is 0 Å². The minimum Gasteiger partial charge on any atom is -0.382 e. The van der Waals surface area contributed by atoms with E-state index in [0.717, 1.165) is 17.7 Å². The van der Waals surface area contributed by atoms with Gasteiger partial charge in [-0.3, -0.25) is 20.0 Å². The van der Waals surface area contributed by atoms with E-state index >= 15 is 0 Å². The van der Waals surface area contributed by atoms with Crippen LogP contribution in [0.15, 0.2) is 30.3 Å². The van der Waals surface area contributed by atoms with Gasteiger partial charge in [0.15, 0.2) is 0 Å². The molecule has 0 bridgehead atoms. The van der Waals surface area contributed by atoms with Crippen molar-refractivity contribution in [3.8, 4) is 0 Å². The average molecular weight is 345 g/mol. The number of rotatable bonds is 9. The predicted octanol–water partition coefficient (Wildman–Crippen LogP) is 2.01. The van der Waals surface area contributed by atoms with Gasteiger partial charge < -0.3 is 10.1 Å². The van der Waals surface area contributed by atoms with Gasteiger partial charge >= 0.3 is 0 Å². The van der Waals surface area contributed by atoms with E-state index in [1.54, 1.807) is 0 Å². The van der Waals surface area contributed by atoms with Gasteiger partial charge in [-0.1, -0.05) is 29.8 Å². The second-order valence-corrected chi connectivity index (χ2v) is 6.00. The van der Waals surface area contributed by atoms with E-state index in [2.05, 4.69) is 10.7 Å². The van der Waals surface area contributed by atoms with Crippen molar-refractivity contribution in [1.29, 1.82) is 0 Å². The Kier molecular flexibility index (Phi) is 7.47. The van der Waals surface area contributed by atoms with E-state index in [1.807, 2.05) is 44.2 Å². The van der Waals surface area contributed by atoms with Crippen LogP contribution in [0.2, 0.25) is 0 Å². The van der Waals surface area contributed by atoms with E-state index in [-0.39, 0.29) is 18.2 Å². The Morgan fingerprint density at radius 1 is 1.32 bits per heavy atom. The molecule has 1 aliphatic heterocycles. The normalized spacial score (nSPS) is 14.1. The summed E-state index contributed by atoms with van der Waals surface area (Å²) in [6.45, 7) is 6.25. The van der Waals surface area contributed by atoms with Crippen LogP contribution in [0.4, 0.5) is 0 Å². The fourth-order valence-electron chi connectivity index (χ4n) is 2.50. The van der Waals surface area contributed by atoms with Crippen LogP contribution >= 0.6 is 0 Å². The highest BCUT2D eigenvalue weighted by Gasteiger charge is 2.20. The van der Waals surface area contributed by atoms with E-state index in [0.29, 0.717) is 32.7 Å². The molecular formula is C19H27N3O3. The lowest BCUT2D eigenvalue weighted by Gasteiger charge is -2.29. The molecule has 1 aliphatic rings. The van der Waals surface area contributed by atoms with Crippen LogP contribution in [0, 0.1) is 6.92 Å². The first-order valence-corrected chi connectivity index (χ1v) is 8.79. The van der Waals surface area contributed by atoms with Gasteiger partial charge in [-0.25, -0.2) is 0 Å². The average Bonchev–Trinajstić information content (AvgIpc) is 2.61. The smallest absolute Gasteiger partial charge is 0.244 e. The number of hydrogen-bond donors (Lipinski definition) is 2. The molecule has 1 heterocycles. The van der Waals surface area contributed by atoms with E-state index in [4.69, 9.17) is 4.74 Å². The summed E-state index contributed by atoms with van der Waals surface area (Å²) in [6, 6.07) is 8.11. The highest BCUT2D eigenvalue weighted by Crippen LogP contribution is 2.18. The molecule has 1 aromatic rings. The topological polar surface area (TPSA) is 70.7 Å². The van der Waals surface area contributed by atoms with Crippen molar-refractivity contribution < 1.29 is 14.3 Å². The number of aryl methyl sites for hydroxylation is 1. The second-order valence-electron chi connectivity index (χ2n) is 6.00. The number of hydrazine groups is 1. The molecule has 25 heavy (non-hydrogen) atoms. The zero-order valence-corrected chi connectivity index (χ0v) is 15.0. The Morgan fingerprint density at radius 2 is 2.08 bits per heavy atom. The molecule has 0 unspecified atom stereocenters. The summed E-state index contributed by atoms with van der Waals surface area (Å²) in [6.07, 6.45) is 3.29. The number of carbonyl (C=O) groups excluding carboxylic acids is 2. The van der Waals surface area contributed by atoms with Gasteiger partial charge in [0.1, 0.15) is 0 Å². The van der Waals surface area contributed by atoms with E-state index in [9.17, 15) is 9.59 Å². The molecule has 136 valence electrons. The maximum absolute atomic E-state index is 12.0. The van der Waals surface area contributed by atoms with Gasteiger partial charge in [-0.05, 0) is 31.9 Å². The zero-order valence-electron chi connectivity index (χ0n) is 15.0. The second kappa shape index (κ2) is 9.84. The molecule has 0 radical (unpaired) electrons. The largest absolute Gasteiger partial charge is 0.382 e. The number of hydrogen-bond acceptors (Lipinski definition) is 4. The van der Waals surface area contributed by atoms with Crippen LogP contribution in [-0.2, 0) is 14.3 Å². The minimum absolute atomic E-state index is 0.0278. The Labute approximate surface area is 149 Å². The third-order valence-corrected chi connectivity index (χ3v) is 3.95. The summed E-state index contributed by atoms with van der Waals surface area (Å²) >= 11 is 0. The van der Waals surface area contributed by atoms with Crippen molar-refractivity contribution in [3.05, 3.63) is 41.5 Å². The van der Waals surface area contributed by atoms with Gasteiger partial charge in [0, 0.05) is 32.6 Å². The monoisotopic (exact) mass is 345 g/mol. The molecule has 2 amide bonds. The van der Waals surface area contributed by atoms with Crippen LogP contribution in [0.3, 0.4) is 0 Å². The first kappa shape index (κ1) is 19.0. The lowest BCUT2D eigenvalue weighted by Crippen LogP contribution is -2.45. The zero-order chi connectivity index (χ0) is 18.1. The molecule has 2 N–H and O–H groups in total. The number of ether oxygens (including phenoxy) is 1. The molecule has 0 fully saturated rings. The Bertz CT molecular complexity index is 611. The summed E-state index contributed by atoms with van der Waals surface area (Å²) in [5, 5.41) is 4.37. The standard InChI is InChI=1S/C19H27N3O3/c1-3-25-14-4-12-20-18(23)11-13-22-19(24)10-9-17(21-22)16-7-5-15(2)6-8-16/h5-9,21H,3-4,10-14H2,1-2H3,(H,20,23). The maximum Gasteiger partial charge on any atom is 0.244 e. The number of nitrogens with one attached hydrogen (secondary N) is 2. The molecule has 2 rings (SSSR count). The molecule has 0 atom stereocenters. The van der Waals surface area contributed by atoms with Crippen molar-refractivity contribution in [2.75, 3.05) is 26.3 Å². The van der Waals surface area contributed by atoms with Crippen LogP contribution in [0.1, 0.15) is 37.3 Å². The Balaban J connectivity index is 1.78. The van der Waals surface area contributed by atoms with Crippen LogP contribution in [-0.4, -0.2) is 43.1 Å². The third-order valence-electron chi connectivity index (χ3n) is 3.95. The highest BCUT2D eigenvalue weighted by atomic mass is 16.5. The highest BCUT2D eigenvalue weighted by molar-refractivity contribution is 5.84. The SMILES string of the molecule is CCOCCCNC(=O)CCN1NC(c2ccc(C)cc2)=CCC1=O. The molecule has 0 spiro atoms. The summed E-state index contributed by atoms with van der Waals surface area (Å²) in [4.78, 5) is 23.9. The fourth-order valence-corrected chi connectivity index (χ4v) is 2.50. The lowest BCUT2D eigenvalue weighted by molar-refractivity contribution is -0.133. The van der Waals surface area contributed by atoms with Crippen molar-refractivity contribution in [2.24, 2.45) is 0 Å². The van der Waals surface area contributed by atoms with Gasteiger partial charge in [0.25, 0.3) is 0 Å². The molecule has 0 saturated heterocycles. The predicted molar refractivity (Wildman–Crippen MR) is 97.4 cm³/mol. The van der Waals surface area contributed by atoms with Gasteiger partial charge in [-0.2, -0.15) is 0 Å². The van der Waals surface area contributed by atoms with Crippen molar-refractivity contribution in [3.63, 3.8) is 0 Å². The molecule has 1 aromatic carbocycles. The summed E-state index contributed by atoms with van der Waals surface area (Å²) in [5.74, 6) is -0.0856. The molecule has 6 heteroatoms. The fraction of sp³-hybridized carbons (Fsp3) is 0.474. The van der Waals surface area contributed by atoms with Crippen molar-refractivity contribution in [1.82, 2.24) is 15.8 Å². The van der Waals surface area contributed by atoms with E-state index < -0.39 is 0 Å². The van der Waals surface area contributed by atoms with Crippen LogP contribution in [0.25, 0.3) is 5.70 Å². The Hall–Kier alpha value is -2.34. The summed E-state index contributed by atoms with van der Waals surface area (Å²) in [7, 11) is 0. The number of carbonyl (C=O) groups is 2. The summed E-state index contributed by atoms with van der Waals surface area (Å²) in [5.41, 5.74) is 6.24. The van der Waals surface area contributed by atoms with Crippen LogP contribution < -0.4 is 10.7 Å². The number of nitrogens with zero attached hydrogens (tertiary/aromatic N) is 1. The van der Waals surface area contributed by atoms with Gasteiger partial charge in [-0.15, -0.1) is 0 Å². The molecular weight excluding hydrogens is 318 g/mol. The first-order chi connectivity index (χ1) is 12.1. The quantitative estimate of drug-likeness (QED) is 0.672. The Morgan fingerprint density at radius 3 is 2.80 bits per heavy atom. The van der Waals surface area contributed by atoms with Gasteiger partial charge in [0.2, 0.25) is 11.8 Å². The van der Waals surface area contributed by atoms with Gasteiger partial charge in [0.05, 0.1) is 12.2 Å². The summed E-state index contributed by atoms with van der Waals surface area (Å²) < 4.78 is 5.23. The molecule has 0 aromatic heterocycles. The number of benzene rings is 1. The first-order valence-electron chi connectivity index (χ1n) is 8.79. The maximum atomic E-state index is 12.0. The van der Waals surface area contributed by atoms with E-state index in [1.165, 1.54) is 10.6 Å². The van der Waals surface area contributed by atoms with Crippen molar-refractivity contribution >= 4 is 17.5 Å². The molecule has 0 saturated carbocycles. The van der Waals surface area contributed by atoms with Crippen molar-refractivity contribution in [2.45, 2.75) is 33.1 Å². The third kappa shape index (κ3) is 6.23. The number of amides is 2.